The number of anilines is 1. The number of fused-ring (bicyclic) bond motifs is 2. The van der Waals surface area contributed by atoms with Crippen molar-refractivity contribution in [3.63, 3.8) is 0 Å². The fourth-order valence-corrected chi connectivity index (χ4v) is 4.69. The molecule has 0 bridgehead atoms. The number of aromatic nitrogens is 2. The summed E-state index contributed by atoms with van der Waals surface area (Å²) in [6, 6.07) is 0.110. The maximum Gasteiger partial charge on any atom is 0.311 e. The summed E-state index contributed by atoms with van der Waals surface area (Å²) in [4.78, 5) is 21.2. The van der Waals surface area contributed by atoms with Gasteiger partial charge in [-0.2, -0.15) is 0 Å². The molecule has 0 unspecified atom stereocenters. The Kier molecular flexibility index (Phi) is 3.75. The third kappa shape index (κ3) is 2.19. The van der Waals surface area contributed by atoms with E-state index in [1.807, 2.05) is 4.90 Å². The van der Waals surface area contributed by atoms with E-state index in [-0.39, 0.29) is 32.8 Å². The first-order valence-electron chi connectivity index (χ1n) is 8.46. The van der Waals surface area contributed by atoms with Crippen LogP contribution in [0.4, 0.5) is 15.8 Å². The third-order valence-electron chi connectivity index (χ3n) is 5.81. The van der Waals surface area contributed by atoms with Gasteiger partial charge in [0.2, 0.25) is 0 Å². The Morgan fingerprint density at radius 2 is 2.15 bits per heavy atom. The number of nitrogens with one attached hydrogen (secondary N) is 1. The molecule has 2 aromatic heterocycles. The molecule has 2 atom stereocenters. The lowest BCUT2D eigenvalue weighted by Gasteiger charge is -2.61. The summed E-state index contributed by atoms with van der Waals surface area (Å²) >= 11 is 3.05. The van der Waals surface area contributed by atoms with Crippen LogP contribution in [0, 0.1) is 21.3 Å². The van der Waals surface area contributed by atoms with Crippen molar-refractivity contribution in [2.75, 3.05) is 18.0 Å². The van der Waals surface area contributed by atoms with Crippen LogP contribution < -0.4 is 10.2 Å². The Morgan fingerprint density at radius 1 is 1.42 bits per heavy atom. The SMILES string of the molecule is CC(C)(C)[C@@]12CN(c3c([N+](=O)[O-])cnc4c(F)c(Br)ncc34)[C@@H]1CCN2. The maximum absolute atomic E-state index is 14.5. The van der Waals surface area contributed by atoms with E-state index < -0.39 is 10.7 Å². The molecule has 4 heterocycles. The second kappa shape index (κ2) is 5.56. The summed E-state index contributed by atoms with van der Waals surface area (Å²) in [5, 5.41) is 15.6. The topological polar surface area (TPSA) is 84.2 Å². The van der Waals surface area contributed by atoms with Gasteiger partial charge in [-0.25, -0.2) is 14.4 Å². The van der Waals surface area contributed by atoms with Gasteiger partial charge < -0.3 is 10.2 Å². The highest BCUT2D eigenvalue weighted by molar-refractivity contribution is 9.10. The number of nitro groups is 1. The molecule has 0 amide bonds. The van der Waals surface area contributed by atoms with Crippen LogP contribution in [0.25, 0.3) is 10.9 Å². The quantitative estimate of drug-likeness (QED) is 0.452. The van der Waals surface area contributed by atoms with Gasteiger partial charge in [0.05, 0.1) is 21.9 Å². The van der Waals surface area contributed by atoms with Gasteiger partial charge in [-0.05, 0) is 34.3 Å². The lowest BCUT2D eigenvalue weighted by Crippen LogP contribution is -2.77. The van der Waals surface area contributed by atoms with Gasteiger partial charge in [0.1, 0.15) is 22.0 Å². The monoisotopic (exact) mass is 423 g/mol. The molecule has 26 heavy (non-hydrogen) atoms. The predicted octanol–water partition coefficient (Wildman–Crippen LogP) is 3.41. The smallest absolute Gasteiger partial charge is 0.311 e. The molecule has 1 N–H and O–H groups in total. The molecule has 2 aliphatic rings. The van der Waals surface area contributed by atoms with Gasteiger partial charge in [0.15, 0.2) is 5.82 Å². The molecule has 2 aliphatic heterocycles. The summed E-state index contributed by atoms with van der Waals surface area (Å²) in [5.74, 6) is -0.606. The van der Waals surface area contributed by atoms with Crippen molar-refractivity contribution in [1.82, 2.24) is 15.3 Å². The zero-order chi connectivity index (χ0) is 18.9. The number of hydrogen-bond acceptors (Lipinski definition) is 6. The van der Waals surface area contributed by atoms with E-state index in [0.717, 1.165) is 19.2 Å². The first kappa shape index (κ1) is 17.5. The van der Waals surface area contributed by atoms with E-state index in [0.29, 0.717) is 17.6 Å². The van der Waals surface area contributed by atoms with Crippen LogP contribution in [-0.2, 0) is 0 Å². The molecular weight excluding hydrogens is 405 g/mol. The molecule has 0 spiro atoms. The van der Waals surface area contributed by atoms with Crippen LogP contribution >= 0.6 is 15.9 Å². The van der Waals surface area contributed by atoms with Gasteiger partial charge >= 0.3 is 5.69 Å². The molecule has 7 nitrogen and oxygen atoms in total. The molecular formula is C17H19BrFN5O2. The van der Waals surface area contributed by atoms with Crippen LogP contribution in [-0.4, -0.2) is 39.6 Å². The summed E-state index contributed by atoms with van der Waals surface area (Å²) in [6.45, 7) is 8.00. The van der Waals surface area contributed by atoms with Crippen molar-refractivity contribution in [3.05, 3.63) is 32.9 Å². The molecule has 4 rings (SSSR count). The van der Waals surface area contributed by atoms with E-state index in [1.165, 1.54) is 6.20 Å². The summed E-state index contributed by atoms with van der Waals surface area (Å²) in [6.07, 6.45) is 3.48. The average molecular weight is 424 g/mol. The van der Waals surface area contributed by atoms with E-state index in [4.69, 9.17) is 0 Å². The molecule has 2 fully saturated rings. The van der Waals surface area contributed by atoms with Gasteiger partial charge in [-0.3, -0.25) is 10.1 Å². The number of hydrogen-bond donors (Lipinski definition) is 1. The standard InChI is InChI=1S/C17H19BrFN5O2/c1-16(2,3)17-8-23(11(17)4-5-22-17)14-9-6-21-15(18)12(19)13(9)20-7-10(14)24(25)26/h6-7,11,22H,4-5,8H2,1-3H3/t11-,17-/m1/s1. The van der Waals surface area contributed by atoms with Crippen molar-refractivity contribution in [2.45, 2.75) is 38.8 Å². The summed E-state index contributed by atoms with van der Waals surface area (Å²) < 4.78 is 14.5. The van der Waals surface area contributed by atoms with Gasteiger partial charge in [0.25, 0.3) is 0 Å². The Hall–Kier alpha value is -1.87. The fourth-order valence-electron chi connectivity index (χ4n) is 4.40. The molecule has 138 valence electrons. The van der Waals surface area contributed by atoms with Crippen LogP contribution in [0.15, 0.2) is 17.0 Å². The second-order valence-electron chi connectivity index (χ2n) is 7.95. The van der Waals surface area contributed by atoms with Crippen molar-refractivity contribution >= 4 is 38.2 Å². The highest BCUT2D eigenvalue weighted by atomic mass is 79.9. The predicted molar refractivity (Wildman–Crippen MR) is 99.8 cm³/mol. The lowest BCUT2D eigenvalue weighted by molar-refractivity contribution is -0.384. The summed E-state index contributed by atoms with van der Waals surface area (Å²) in [7, 11) is 0. The summed E-state index contributed by atoms with van der Waals surface area (Å²) in [5.41, 5.74) is 0.265. The van der Waals surface area contributed by atoms with Crippen LogP contribution in [0.2, 0.25) is 0 Å². The zero-order valence-electron chi connectivity index (χ0n) is 14.7. The Bertz CT molecular complexity index is 931. The number of halogens is 2. The molecule has 0 aliphatic carbocycles. The second-order valence-corrected chi connectivity index (χ2v) is 8.71. The zero-order valence-corrected chi connectivity index (χ0v) is 16.3. The van der Waals surface area contributed by atoms with Gasteiger partial charge in [-0.1, -0.05) is 20.8 Å². The number of pyridine rings is 2. The highest BCUT2D eigenvalue weighted by Gasteiger charge is 2.62. The minimum atomic E-state index is -0.606. The minimum absolute atomic E-state index is 0.00515. The number of nitrogens with zero attached hydrogens (tertiary/aromatic N) is 4. The molecule has 2 saturated heterocycles. The van der Waals surface area contributed by atoms with Crippen molar-refractivity contribution in [2.24, 2.45) is 5.41 Å². The van der Waals surface area contributed by atoms with E-state index >= 15 is 0 Å². The highest BCUT2D eigenvalue weighted by Crippen LogP contribution is 2.52. The first-order valence-corrected chi connectivity index (χ1v) is 9.25. The van der Waals surface area contributed by atoms with Crippen molar-refractivity contribution < 1.29 is 9.31 Å². The Morgan fingerprint density at radius 3 is 2.81 bits per heavy atom. The van der Waals surface area contributed by atoms with Crippen LogP contribution in [0.1, 0.15) is 27.2 Å². The van der Waals surface area contributed by atoms with Crippen LogP contribution in [0.3, 0.4) is 0 Å². The molecule has 9 heteroatoms. The normalized spacial score (nSPS) is 25.3. The minimum Gasteiger partial charge on any atom is -0.358 e. The first-order chi connectivity index (χ1) is 12.2. The maximum atomic E-state index is 14.5. The average Bonchev–Trinajstić information content (AvgIpc) is 2.88. The van der Waals surface area contributed by atoms with E-state index in [1.54, 1.807) is 0 Å². The Balaban J connectivity index is 1.91. The van der Waals surface area contributed by atoms with E-state index in [2.05, 4.69) is 52.0 Å². The van der Waals surface area contributed by atoms with Crippen LogP contribution in [0.5, 0.6) is 0 Å². The van der Waals surface area contributed by atoms with Gasteiger partial charge in [0, 0.05) is 12.7 Å². The fraction of sp³-hybridized carbons (Fsp3) is 0.529. The largest absolute Gasteiger partial charge is 0.358 e. The molecule has 0 radical (unpaired) electrons. The van der Waals surface area contributed by atoms with Crippen molar-refractivity contribution in [3.8, 4) is 0 Å². The third-order valence-corrected chi connectivity index (χ3v) is 6.36. The lowest BCUT2D eigenvalue weighted by atomic mass is 9.64. The van der Waals surface area contributed by atoms with Crippen molar-refractivity contribution in [1.29, 1.82) is 0 Å². The Labute approximate surface area is 158 Å². The molecule has 0 aromatic carbocycles. The van der Waals surface area contributed by atoms with E-state index in [9.17, 15) is 14.5 Å². The number of rotatable bonds is 2. The van der Waals surface area contributed by atoms with Gasteiger partial charge in [-0.15, -0.1) is 0 Å². The molecule has 2 aromatic rings. The molecule has 0 saturated carbocycles.